The first-order valence-corrected chi connectivity index (χ1v) is 14.2. The van der Waals surface area contributed by atoms with Crippen LogP contribution in [-0.2, 0) is 32.1 Å². The second-order valence-electron chi connectivity index (χ2n) is 11.5. The van der Waals surface area contributed by atoms with Crippen LogP contribution >= 0.6 is 0 Å². The predicted molar refractivity (Wildman–Crippen MR) is 154 cm³/mol. The Balaban J connectivity index is 1.71. The van der Waals surface area contributed by atoms with Gasteiger partial charge in [0.05, 0.1) is 24.2 Å². The van der Waals surface area contributed by atoms with Crippen LogP contribution in [0.25, 0.3) is 0 Å². The molecule has 1 fully saturated rings. The number of esters is 1. The first kappa shape index (κ1) is 30.8. The zero-order valence-corrected chi connectivity index (χ0v) is 23.9. The minimum atomic E-state index is -0.800. The van der Waals surface area contributed by atoms with E-state index < -0.39 is 23.7 Å². The summed E-state index contributed by atoms with van der Waals surface area (Å²) in [5, 5.41) is 18.0. The molecule has 0 spiro atoms. The summed E-state index contributed by atoms with van der Waals surface area (Å²) in [6.07, 6.45) is 6.51. The topological polar surface area (TPSA) is 120 Å². The third kappa shape index (κ3) is 10.8. The van der Waals surface area contributed by atoms with E-state index in [0.717, 1.165) is 36.8 Å². The Hall–Kier alpha value is -3.70. The molecule has 0 heterocycles. The Morgan fingerprint density at radius 3 is 2.23 bits per heavy atom. The fourth-order valence-corrected chi connectivity index (χ4v) is 4.96. The number of nitrogens with one attached hydrogen (secondary N) is 3. The molecule has 3 rings (SSSR count). The first-order chi connectivity index (χ1) is 19.1. The molecule has 0 aromatic heterocycles. The quantitative estimate of drug-likeness (QED) is 0.344. The van der Waals surface area contributed by atoms with E-state index in [0.29, 0.717) is 24.3 Å². The fourth-order valence-electron chi connectivity index (χ4n) is 4.96. The van der Waals surface area contributed by atoms with E-state index in [1.807, 2.05) is 51.1 Å². The van der Waals surface area contributed by atoms with E-state index in [9.17, 15) is 14.4 Å². The van der Waals surface area contributed by atoms with E-state index in [-0.39, 0.29) is 24.9 Å². The minimum absolute atomic E-state index is 0.0870. The third-order valence-corrected chi connectivity index (χ3v) is 6.99. The second-order valence-corrected chi connectivity index (χ2v) is 11.5. The van der Waals surface area contributed by atoms with E-state index >= 15 is 0 Å². The van der Waals surface area contributed by atoms with Gasteiger partial charge >= 0.3 is 5.97 Å². The molecule has 2 aromatic rings. The Morgan fingerprint density at radius 2 is 1.60 bits per heavy atom. The van der Waals surface area contributed by atoms with Crippen molar-refractivity contribution in [2.45, 2.75) is 89.9 Å². The van der Waals surface area contributed by atoms with Crippen LogP contribution in [0.15, 0.2) is 54.6 Å². The number of hydrogen-bond acceptors (Lipinski definition) is 6. The van der Waals surface area contributed by atoms with Crippen molar-refractivity contribution in [1.29, 1.82) is 5.26 Å². The maximum absolute atomic E-state index is 13.6. The van der Waals surface area contributed by atoms with Crippen molar-refractivity contribution in [1.82, 2.24) is 16.0 Å². The van der Waals surface area contributed by atoms with Crippen LogP contribution < -0.4 is 16.0 Å². The van der Waals surface area contributed by atoms with Gasteiger partial charge in [-0.15, -0.1) is 0 Å². The summed E-state index contributed by atoms with van der Waals surface area (Å²) in [5.74, 6) is -0.642. The van der Waals surface area contributed by atoms with Gasteiger partial charge in [0.25, 0.3) is 0 Å². The highest BCUT2D eigenvalue weighted by molar-refractivity contribution is 5.90. The van der Waals surface area contributed by atoms with Crippen LogP contribution in [0.5, 0.6) is 0 Å². The molecule has 0 radical (unpaired) electrons. The van der Waals surface area contributed by atoms with Crippen molar-refractivity contribution in [3.63, 3.8) is 0 Å². The fraction of sp³-hybridized carbons (Fsp3) is 0.500. The van der Waals surface area contributed by atoms with Crippen LogP contribution in [-0.4, -0.2) is 42.0 Å². The van der Waals surface area contributed by atoms with E-state index in [1.54, 1.807) is 24.3 Å². The van der Waals surface area contributed by atoms with Gasteiger partial charge in [-0.05, 0) is 56.4 Å². The molecule has 2 aromatic carbocycles. The summed E-state index contributed by atoms with van der Waals surface area (Å²) in [4.78, 5) is 39.4. The van der Waals surface area contributed by atoms with Crippen LogP contribution in [0.1, 0.15) is 76.0 Å². The molecule has 0 bridgehead atoms. The molecule has 8 heteroatoms. The van der Waals surface area contributed by atoms with Gasteiger partial charge in [-0.25, -0.2) is 0 Å². The molecule has 2 atom stereocenters. The average Bonchev–Trinajstić information content (AvgIpc) is 2.94. The summed E-state index contributed by atoms with van der Waals surface area (Å²) < 4.78 is 5.43. The van der Waals surface area contributed by atoms with Crippen molar-refractivity contribution in [3.8, 4) is 6.07 Å². The highest BCUT2D eigenvalue weighted by atomic mass is 16.6. The van der Waals surface area contributed by atoms with Gasteiger partial charge < -0.3 is 15.4 Å². The summed E-state index contributed by atoms with van der Waals surface area (Å²) in [7, 11) is 0. The Bertz CT molecular complexity index is 1150. The van der Waals surface area contributed by atoms with Crippen LogP contribution in [0, 0.1) is 17.2 Å². The highest BCUT2D eigenvalue weighted by Gasteiger charge is 2.29. The molecule has 40 heavy (non-hydrogen) atoms. The molecule has 0 saturated heterocycles. The van der Waals surface area contributed by atoms with Gasteiger partial charge in [0.15, 0.2) is 0 Å². The molecule has 1 saturated carbocycles. The number of carbonyl (C=O) groups excluding carboxylic acids is 3. The molecule has 8 nitrogen and oxygen atoms in total. The summed E-state index contributed by atoms with van der Waals surface area (Å²) in [5.41, 5.74) is 1.71. The molecular formula is C32H42N4O4. The van der Waals surface area contributed by atoms with Crippen molar-refractivity contribution in [3.05, 3.63) is 71.3 Å². The summed E-state index contributed by atoms with van der Waals surface area (Å²) in [6, 6.07) is 17.2. The van der Waals surface area contributed by atoms with E-state index in [4.69, 9.17) is 10.00 Å². The maximum Gasteiger partial charge on any atom is 0.320 e. The number of benzene rings is 2. The lowest BCUT2D eigenvalue weighted by atomic mass is 9.84. The summed E-state index contributed by atoms with van der Waals surface area (Å²) in [6.45, 7) is 5.61. The largest absolute Gasteiger partial charge is 0.459 e. The van der Waals surface area contributed by atoms with Gasteiger partial charge in [0.1, 0.15) is 11.6 Å². The molecule has 1 aliphatic rings. The van der Waals surface area contributed by atoms with Gasteiger partial charge in [-0.2, -0.15) is 5.26 Å². The maximum atomic E-state index is 13.6. The zero-order valence-electron chi connectivity index (χ0n) is 23.9. The van der Waals surface area contributed by atoms with Crippen LogP contribution in [0.3, 0.4) is 0 Å². The average molecular weight is 547 g/mol. The number of ether oxygens (including phenoxy) is 1. The third-order valence-electron chi connectivity index (χ3n) is 6.99. The van der Waals surface area contributed by atoms with Gasteiger partial charge in [0.2, 0.25) is 11.8 Å². The monoisotopic (exact) mass is 546 g/mol. The SMILES string of the molecule is CC(C)(C)OC(=O)CN[C@H](CC1CCCCC1)C(=O)N[C@@H](Cc1ccccc1)C(=O)NCc1ccc(C#N)cc1. The normalized spacial score (nSPS) is 15.3. The lowest BCUT2D eigenvalue weighted by Crippen LogP contribution is -2.54. The van der Waals surface area contributed by atoms with Crippen LogP contribution in [0.2, 0.25) is 0 Å². The van der Waals surface area contributed by atoms with Crippen molar-refractivity contribution < 1.29 is 19.1 Å². The van der Waals surface area contributed by atoms with Gasteiger partial charge in [0, 0.05) is 13.0 Å². The lowest BCUT2D eigenvalue weighted by Gasteiger charge is -2.28. The number of hydrogen-bond donors (Lipinski definition) is 3. The molecule has 1 aliphatic carbocycles. The molecule has 214 valence electrons. The number of carbonyl (C=O) groups is 3. The predicted octanol–water partition coefficient (Wildman–Crippen LogP) is 4.17. The molecule has 3 N–H and O–H groups in total. The molecular weight excluding hydrogens is 504 g/mol. The van der Waals surface area contributed by atoms with Gasteiger partial charge in [-0.3, -0.25) is 19.7 Å². The highest BCUT2D eigenvalue weighted by Crippen LogP contribution is 2.27. The smallest absolute Gasteiger partial charge is 0.320 e. The minimum Gasteiger partial charge on any atom is -0.459 e. The molecule has 2 amide bonds. The Labute approximate surface area is 237 Å². The second kappa shape index (κ2) is 15.2. The Kier molecular flexibility index (Phi) is 11.7. The van der Waals surface area contributed by atoms with Crippen molar-refractivity contribution >= 4 is 17.8 Å². The number of amides is 2. The van der Waals surface area contributed by atoms with Crippen LogP contribution in [0.4, 0.5) is 0 Å². The van der Waals surface area contributed by atoms with E-state index in [1.165, 1.54) is 6.42 Å². The number of nitriles is 1. The number of rotatable bonds is 12. The zero-order chi connectivity index (χ0) is 29.0. The van der Waals surface area contributed by atoms with Gasteiger partial charge in [-0.1, -0.05) is 74.6 Å². The summed E-state index contributed by atoms with van der Waals surface area (Å²) >= 11 is 0. The standard InChI is InChI=1S/C32H42N4O4/c1-32(2,3)40-29(37)22-34-27(18-23-10-6-4-7-11-23)31(39)36-28(19-24-12-8-5-9-13-24)30(38)35-21-26-16-14-25(20-33)15-17-26/h5,8-9,12-17,23,27-28,34H,4,6-7,10-11,18-19,21-22H2,1-3H3,(H,35,38)(H,36,39)/t27-,28+/m1/s1. The molecule has 0 unspecified atom stereocenters. The van der Waals surface area contributed by atoms with E-state index in [2.05, 4.69) is 22.0 Å². The first-order valence-electron chi connectivity index (χ1n) is 14.2. The number of nitrogens with zero attached hydrogens (tertiary/aromatic N) is 1. The lowest BCUT2D eigenvalue weighted by molar-refractivity contribution is -0.153. The Morgan fingerprint density at radius 1 is 0.925 bits per heavy atom. The van der Waals surface area contributed by atoms with Crippen molar-refractivity contribution in [2.75, 3.05) is 6.54 Å². The molecule has 0 aliphatic heterocycles. The van der Waals surface area contributed by atoms with Crippen molar-refractivity contribution in [2.24, 2.45) is 5.92 Å².